The number of carbonyl (C=O) groups is 2. The molecule has 2 aromatic rings. The van der Waals surface area contributed by atoms with Crippen LogP contribution in [-0.2, 0) is 16.1 Å². The van der Waals surface area contributed by atoms with Crippen LogP contribution in [0.2, 0.25) is 0 Å². The molecule has 28 heavy (non-hydrogen) atoms. The van der Waals surface area contributed by atoms with Gasteiger partial charge in [0.25, 0.3) is 0 Å². The van der Waals surface area contributed by atoms with Gasteiger partial charge in [-0.25, -0.2) is 14.7 Å². The van der Waals surface area contributed by atoms with Gasteiger partial charge in [0.1, 0.15) is 0 Å². The quantitative estimate of drug-likeness (QED) is 0.631. The number of aryl methyl sites for hydroxylation is 2. The number of amides is 3. The van der Waals surface area contributed by atoms with Crippen molar-refractivity contribution < 1.29 is 14.3 Å². The zero-order valence-corrected chi connectivity index (χ0v) is 16.6. The van der Waals surface area contributed by atoms with E-state index >= 15 is 0 Å². The van der Waals surface area contributed by atoms with E-state index in [0.29, 0.717) is 24.0 Å². The highest BCUT2D eigenvalue weighted by atomic mass is 32.2. The third kappa shape index (κ3) is 5.23. The number of anilines is 1. The van der Waals surface area contributed by atoms with E-state index in [1.807, 2.05) is 26.0 Å². The van der Waals surface area contributed by atoms with Crippen molar-refractivity contribution in [3.63, 3.8) is 0 Å². The number of benzene rings is 1. The number of ether oxygens (including phenoxy) is 1. The van der Waals surface area contributed by atoms with Crippen molar-refractivity contribution in [1.82, 2.24) is 20.1 Å². The highest BCUT2D eigenvalue weighted by Gasteiger charge is 2.20. The second-order valence-corrected chi connectivity index (χ2v) is 7.61. The molecule has 2 heterocycles. The van der Waals surface area contributed by atoms with Gasteiger partial charge in [-0.1, -0.05) is 29.5 Å². The van der Waals surface area contributed by atoms with E-state index in [4.69, 9.17) is 4.74 Å². The fourth-order valence-corrected chi connectivity index (χ4v) is 3.72. The number of aromatic amines is 1. The zero-order chi connectivity index (χ0) is 20.1. The second-order valence-electron chi connectivity index (χ2n) is 6.67. The summed E-state index contributed by atoms with van der Waals surface area (Å²) in [5, 5.41) is 11.7. The Morgan fingerprint density at radius 3 is 2.93 bits per heavy atom. The Bertz CT molecular complexity index is 917. The number of nitrogens with zero attached hydrogens (tertiary/aromatic N) is 2. The number of carbonyl (C=O) groups excluding carboxylic acids is 2. The van der Waals surface area contributed by atoms with E-state index in [2.05, 4.69) is 20.8 Å². The fraction of sp³-hybridized carbons (Fsp3) is 0.444. The summed E-state index contributed by atoms with van der Waals surface area (Å²) in [6, 6.07) is 5.01. The standard InChI is InChI=1S/C18H23N5O4S/c1-11-5-6-14(12(2)8-11)19-16(25)20-15(24)10-28-18-22-21-17(26)23(18)9-13-4-3-7-27-13/h5-6,8,13H,3-4,7,9-10H2,1-2H3,(H,21,26)(H2,19,20,24,25)/t13-/m0/s1. The number of hydrogen-bond donors (Lipinski definition) is 3. The summed E-state index contributed by atoms with van der Waals surface area (Å²) in [6.07, 6.45) is 1.84. The van der Waals surface area contributed by atoms with Gasteiger partial charge >= 0.3 is 11.7 Å². The van der Waals surface area contributed by atoms with Gasteiger partial charge in [0.15, 0.2) is 5.16 Å². The maximum atomic E-state index is 12.1. The lowest BCUT2D eigenvalue weighted by Gasteiger charge is -2.11. The number of nitrogens with one attached hydrogen (secondary N) is 3. The van der Waals surface area contributed by atoms with Gasteiger partial charge in [0.05, 0.1) is 18.4 Å². The molecule has 0 saturated carbocycles. The van der Waals surface area contributed by atoms with Gasteiger partial charge in [-0.15, -0.1) is 5.10 Å². The lowest BCUT2D eigenvalue weighted by molar-refractivity contribution is -0.117. The molecule has 3 rings (SSSR count). The third-order valence-corrected chi connectivity index (χ3v) is 5.33. The van der Waals surface area contributed by atoms with Crippen molar-refractivity contribution in [3.05, 3.63) is 39.8 Å². The number of urea groups is 1. The van der Waals surface area contributed by atoms with Crippen LogP contribution < -0.4 is 16.3 Å². The minimum atomic E-state index is -0.601. The maximum Gasteiger partial charge on any atom is 0.344 e. The van der Waals surface area contributed by atoms with Gasteiger partial charge in [0, 0.05) is 12.3 Å². The average Bonchev–Trinajstić information content (AvgIpc) is 3.27. The van der Waals surface area contributed by atoms with Crippen LogP contribution in [0, 0.1) is 13.8 Å². The monoisotopic (exact) mass is 405 g/mol. The van der Waals surface area contributed by atoms with Crippen LogP contribution in [0.4, 0.5) is 10.5 Å². The minimum Gasteiger partial charge on any atom is -0.376 e. The van der Waals surface area contributed by atoms with Crippen molar-refractivity contribution in [2.24, 2.45) is 0 Å². The molecule has 0 aliphatic carbocycles. The van der Waals surface area contributed by atoms with Crippen LogP contribution in [0.3, 0.4) is 0 Å². The van der Waals surface area contributed by atoms with E-state index in [1.165, 1.54) is 4.57 Å². The van der Waals surface area contributed by atoms with E-state index in [9.17, 15) is 14.4 Å². The second kappa shape index (κ2) is 9.07. The Labute approximate surface area is 166 Å². The molecule has 1 atom stereocenters. The summed E-state index contributed by atoms with van der Waals surface area (Å²) in [5.74, 6) is -0.526. The SMILES string of the molecule is Cc1ccc(NC(=O)NC(=O)CSc2n[nH]c(=O)n2C[C@@H]2CCCO2)c(C)c1. The molecule has 3 amide bonds. The molecule has 0 unspecified atom stereocenters. The largest absolute Gasteiger partial charge is 0.376 e. The van der Waals surface area contributed by atoms with Crippen LogP contribution >= 0.6 is 11.8 Å². The molecule has 1 fully saturated rings. The first-order valence-electron chi connectivity index (χ1n) is 9.00. The van der Waals surface area contributed by atoms with E-state index in [-0.39, 0.29) is 17.5 Å². The maximum absolute atomic E-state index is 12.1. The topological polar surface area (TPSA) is 118 Å². The first-order valence-corrected chi connectivity index (χ1v) is 9.98. The Hall–Kier alpha value is -2.59. The lowest BCUT2D eigenvalue weighted by Crippen LogP contribution is -2.35. The summed E-state index contributed by atoms with van der Waals surface area (Å²) in [7, 11) is 0. The zero-order valence-electron chi connectivity index (χ0n) is 15.8. The van der Waals surface area contributed by atoms with Crippen molar-refractivity contribution in [1.29, 1.82) is 0 Å². The molecule has 1 aromatic heterocycles. The molecule has 3 N–H and O–H groups in total. The molecule has 1 aliphatic rings. The van der Waals surface area contributed by atoms with Gasteiger partial charge in [-0.2, -0.15) is 0 Å². The molecule has 150 valence electrons. The summed E-state index contributed by atoms with van der Waals surface area (Å²) >= 11 is 1.09. The highest BCUT2D eigenvalue weighted by molar-refractivity contribution is 7.99. The Morgan fingerprint density at radius 2 is 2.21 bits per heavy atom. The van der Waals surface area contributed by atoms with E-state index < -0.39 is 11.9 Å². The smallest absolute Gasteiger partial charge is 0.344 e. The van der Waals surface area contributed by atoms with Gasteiger partial charge < -0.3 is 10.1 Å². The fourth-order valence-electron chi connectivity index (χ4n) is 2.97. The van der Waals surface area contributed by atoms with Crippen LogP contribution in [0.1, 0.15) is 24.0 Å². The molecular formula is C18H23N5O4S. The minimum absolute atomic E-state index is 0.0213. The summed E-state index contributed by atoms with van der Waals surface area (Å²) in [5.41, 5.74) is 2.29. The molecule has 9 nitrogen and oxygen atoms in total. The molecular weight excluding hydrogens is 382 g/mol. The van der Waals surface area contributed by atoms with Crippen molar-refractivity contribution >= 4 is 29.4 Å². The van der Waals surface area contributed by atoms with Crippen LogP contribution in [0.15, 0.2) is 28.2 Å². The molecule has 0 bridgehead atoms. The van der Waals surface area contributed by atoms with Crippen LogP contribution in [0.25, 0.3) is 0 Å². The van der Waals surface area contributed by atoms with Crippen molar-refractivity contribution in [3.8, 4) is 0 Å². The molecule has 10 heteroatoms. The van der Waals surface area contributed by atoms with Gasteiger partial charge in [0.2, 0.25) is 5.91 Å². The Kier molecular flexibility index (Phi) is 6.53. The van der Waals surface area contributed by atoms with E-state index in [0.717, 1.165) is 35.7 Å². The predicted octanol–water partition coefficient (Wildman–Crippen LogP) is 1.81. The number of hydrogen-bond acceptors (Lipinski definition) is 6. The molecule has 0 radical (unpaired) electrons. The normalized spacial score (nSPS) is 16.1. The Balaban J connectivity index is 1.51. The third-order valence-electron chi connectivity index (χ3n) is 4.35. The summed E-state index contributed by atoms with van der Waals surface area (Å²) < 4.78 is 7.01. The molecule has 1 aromatic carbocycles. The Morgan fingerprint density at radius 1 is 1.39 bits per heavy atom. The lowest BCUT2D eigenvalue weighted by atomic mass is 10.1. The molecule has 0 spiro atoms. The molecule has 1 saturated heterocycles. The van der Waals surface area contributed by atoms with Crippen molar-refractivity contribution in [2.75, 3.05) is 17.7 Å². The van der Waals surface area contributed by atoms with Gasteiger partial charge in [-0.05, 0) is 38.3 Å². The van der Waals surface area contributed by atoms with Crippen LogP contribution in [-0.4, -0.2) is 45.2 Å². The number of thioether (sulfide) groups is 1. The first-order chi connectivity index (χ1) is 13.4. The van der Waals surface area contributed by atoms with Gasteiger partial charge in [-0.3, -0.25) is 14.7 Å². The van der Waals surface area contributed by atoms with E-state index in [1.54, 1.807) is 6.07 Å². The molecule has 1 aliphatic heterocycles. The predicted molar refractivity (Wildman–Crippen MR) is 106 cm³/mol. The summed E-state index contributed by atoms with van der Waals surface area (Å²) in [4.78, 5) is 36.0. The highest BCUT2D eigenvalue weighted by Crippen LogP contribution is 2.18. The summed E-state index contributed by atoms with van der Waals surface area (Å²) in [6.45, 7) is 4.93. The number of imide groups is 1. The number of rotatable bonds is 6. The number of aromatic nitrogens is 3. The van der Waals surface area contributed by atoms with Crippen molar-refractivity contribution in [2.45, 2.75) is 44.5 Å². The average molecular weight is 405 g/mol. The number of H-pyrrole nitrogens is 1. The first kappa shape index (κ1) is 20.2. The van der Waals surface area contributed by atoms with Crippen LogP contribution in [0.5, 0.6) is 0 Å².